The molecule has 1 saturated heterocycles. The highest BCUT2D eigenvalue weighted by Gasteiger charge is 2.15. The number of ether oxygens (including phenoxy) is 2. The second-order valence-electron chi connectivity index (χ2n) is 4.13. The standard InChI is InChI=1S/C12H15NO2.2C2H6/c1-5-13(6-1)7-4-10-2-3-11-12(8-10)15-9-14-11;2*1-2/h2-3,8H,1,4-7,9H2;2*1-2H3. The molecule has 0 atom stereocenters. The van der Waals surface area contributed by atoms with Crippen LogP contribution >= 0.6 is 0 Å². The summed E-state index contributed by atoms with van der Waals surface area (Å²) in [5.41, 5.74) is 1.34. The topological polar surface area (TPSA) is 21.7 Å². The Morgan fingerprint density at radius 3 is 2.32 bits per heavy atom. The van der Waals surface area contributed by atoms with Crippen molar-refractivity contribution in [3.63, 3.8) is 0 Å². The third-order valence-electron chi connectivity index (χ3n) is 3.10. The maximum Gasteiger partial charge on any atom is 0.231 e. The number of rotatable bonds is 3. The molecule has 2 aliphatic rings. The molecule has 0 N–H and O–H groups in total. The summed E-state index contributed by atoms with van der Waals surface area (Å²) in [4.78, 5) is 2.48. The summed E-state index contributed by atoms with van der Waals surface area (Å²) in [5.74, 6) is 1.78. The predicted molar refractivity (Wildman–Crippen MR) is 80.0 cm³/mol. The van der Waals surface area contributed by atoms with Crippen molar-refractivity contribution in [1.82, 2.24) is 4.90 Å². The van der Waals surface area contributed by atoms with E-state index in [1.54, 1.807) is 0 Å². The van der Waals surface area contributed by atoms with E-state index in [-0.39, 0.29) is 0 Å². The van der Waals surface area contributed by atoms with E-state index >= 15 is 0 Å². The number of fused-ring (bicyclic) bond motifs is 1. The molecule has 2 aliphatic heterocycles. The summed E-state index contributed by atoms with van der Waals surface area (Å²) in [5, 5.41) is 0. The van der Waals surface area contributed by atoms with E-state index in [0.29, 0.717) is 6.79 Å². The van der Waals surface area contributed by atoms with E-state index in [2.05, 4.69) is 17.0 Å². The summed E-state index contributed by atoms with van der Waals surface area (Å²) in [7, 11) is 0. The number of benzene rings is 1. The first-order chi connectivity index (χ1) is 9.42. The third-order valence-corrected chi connectivity index (χ3v) is 3.10. The fourth-order valence-corrected chi connectivity index (χ4v) is 1.99. The van der Waals surface area contributed by atoms with Crippen LogP contribution in [0.5, 0.6) is 11.5 Å². The molecular formula is C16H27NO2. The monoisotopic (exact) mass is 265 g/mol. The first-order valence-electron chi connectivity index (χ1n) is 7.53. The predicted octanol–water partition coefficient (Wildman–Crippen LogP) is 3.72. The highest BCUT2D eigenvalue weighted by Crippen LogP contribution is 2.32. The van der Waals surface area contributed by atoms with Crippen molar-refractivity contribution >= 4 is 0 Å². The van der Waals surface area contributed by atoms with Crippen molar-refractivity contribution < 1.29 is 9.47 Å². The molecule has 2 heterocycles. The van der Waals surface area contributed by atoms with Gasteiger partial charge in [0.2, 0.25) is 6.79 Å². The highest BCUT2D eigenvalue weighted by atomic mass is 16.7. The van der Waals surface area contributed by atoms with Gasteiger partial charge in [0, 0.05) is 6.54 Å². The Bertz CT molecular complexity index is 362. The van der Waals surface area contributed by atoms with E-state index < -0.39 is 0 Å². The van der Waals surface area contributed by atoms with Gasteiger partial charge in [-0.2, -0.15) is 0 Å². The Morgan fingerprint density at radius 2 is 1.68 bits per heavy atom. The molecule has 0 saturated carbocycles. The molecule has 1 aromatic carbocycles. The van der Waals surface area contributed by atoms with Crippen LogP contribution in [0.4, 0.5) is 0 Å². The molecule has 0 aromatic heterocycles. The normalized spacial score (nSPS) is 15.6. The highest BCUT2D eigenvalue weighted by molar-refractivity contribution is 5.44. The van der Waals surface area contributed by atoms with E-state index in [1.807, 2.05) is 33.8 Å². The molecule has 3 rings (SSSR count). The Kier molecular flexibility index (Phi) is 7.34. The summed E-state index contributed by atoms with van der Waals surface area (Å²) in [6.45, 7) is 12.1. The van der Waals surface area contributed by atoms with Crippen LogP contribution in [0.2, 0.25) is 0 Å². The number of nitrogens with zero attached hydrogens (tertiary/aromatic N) is 1. The molecule has 1 fully saturated rings. The average molecular weight is 265 g/mol. The molecular weight excluding hydrogens is 238 g/mol. The minimum atomic E-state index is 0.366. The van der Waals surface area contributed by atoms with E-state index in [1.165, 1.54) is 31.6 Å². The van der Waals surface area contributed by atoms with E-state index in [9.17, 15) is 0 Å². The molecule has 0 amide bonds. The van der Waals surface area contributed by atoms with Gasteiger partial charge >= 0.3 is 0 Å². The number of hydrogen-bond donors (Lipinski definition) is 0. The van der Waals surface area contributed by atoms with Gasteiger partial charge in [-0.1, -0.05) is 33.8 Å². The minimum absolute atomic E-state index is 0.366. The molecule has 0 radical (unpaired) electrons. The fraction of sp³-hybridized carbons (Fsp3) is 0.625. The maximum atomic E-state index is 5.35. The molecule has 19 heavy (non-hydrogen) atoms. The van der Waals surface area contributed by atoms with Crippen LogP contribution in [-0.2, 0) is 6.42 Å². The van der Waals surface area contributed by atoms with Crippen molar-refractivity contribution in [1.29, 1.82) is 0 Å². The Labute approximate surface area is 117 Å². The average Bonchev–Trinajstić information content (AvgIpc) is 2.89. The zero-order chi connectivity index (χ0) is 14.1. The van der Waals surface area contributed by atoms with E-state index in [0.717, 1.165) is 17.9 Å². The molecule has 0 aliphatic carbocycles. The Hall–Kier alpha value is -1.22. The molecule has 3 heteroatoms. The second kappa shape index (κ2) is 8.81. The summed E-state index contributed by atoms with van der Waals surface area (Å²) < 4.78 is 10.6. The SMILES string of the molecule is CC.CC.c1cc2c(cc1CCN1CCC1)OCO2. The largest absolute Gasteiger partial charge is 0.454 e. The van der Waals surface area contributed by atoms with Crippen molar-refractivity contribution in [2.24, 2.45) is 0 Å². The lowest BCUT2D eigenvalue weighted by molar-refractivity contribution is 0.173. The number of likely N-dealkylation sites (tertiary alicyclic amines) is 1. The van der Waals surface area contributed by atoms with Crippen LogP contribution in [-0.4, -0.2) is 31.3 Å². The van der Waals surface area contributed by atoms with Crippen LogP contribution in [0, 0.1) is 0 Å². The minimum Gasteiger partial charge on any atom is -0.454 e. The van der Waals surface area contributed by atoms with E-state index in [4.69, 9.17) is 9.47 Å². The zero-order valence-electron chi connectivity index (χ0n) is 12.7. The Balaban J connectivity index is 0.000000415. The molecule has 0 bridgehead atoms. The van der Waals surface area contributed by atoms with Crippen molar-refractivity contribution in [3.05, 3.63) is 23.8 Å². The van der Waals surface area contributed by atoms with Gasteiger partial charge in [-0.15, -0.1) is 0 Å². The number of hydrogen-bond acceptors (Lipinski definition) is 3. The molecule has 3 nitrogen and oxygen atoms in total. The second-order valence-corrected chi connectivity index (χ2v) is 4.13. The molecule has 108 valence electrons. The van der Waals surface area contributed by atoms with Crippen molar-refractivity contribution in [2.45, 2.75) is 40.5 Å². The summed E-state index contributed by atoms with van der Waals surface area (Å²) in [6, 6.07) is 6.24. The smallest absolute Gasteiger partial charge is 0.231 e. The Morgan fingerprint density at radius 1 is 1.00 bits per heavy atom. The van der Waals surface area contributed by atoms with Gasteiger partial charge in [0.15, 0.2) is 11.5 Å². The van der Waals surface area contributed by atoms with Crippen molar-refractivity contribution in [3.8, 4) is 11.5 Å². The van der Waals surface area contributed by atoms with Gasteiger partial charge in [-0.05, 0) is 43.6 Å². The fourth-order valence-electron chi connectivity index (χ4n) is 1.99. The molecule has 1 aromatic rings. The van der Waals surface area contributed by atoms with Gasteiger partial charge in [0.25, 0.3) is 0 Å². The lowest BCUT2D eigenvalue weighted by Crippen LogP contribution is -2.38. The summed E-state index contributed by atoms with van der Waals surface area (Å²) in [6.07, 6.45) is 2.47. The van der Waals surface area contributed by atoms with Crippen LogP contribution in [0.3, 0.4) is 0 Å². The first kappa shape index (κ1) is 15.8. The molecule has 0 spiro atoms. The van der Waals surface area contributed by atoms with Crippen LogP contribution in [0.15, 0.2) is 18.2 Å². The maximum absolute atomic E-state index is 5.35. The van der Waals surface area contributed by atoms with Crippen LogP contribution in [0.1, 0.15) is 39.7 Å². The lowest BCUT2D eigenvalue weighted by Gasteiger charge is -2.30. The van der Waals surface area contributed by atoms with Crippen LogP contribution < -0.4 is 9.47 Å². The van der Waals surface area contributed by atoms with Gasteiger partial charge in [0.05, 0.1) is 0 Å². The first-order valence-corrected chi connectivity index (χ1v) is 7.53. The molecule has 0 unspecified atom stereocenters. The third kappa shape index (κ3) is 4.43. The quantitative estimate of drug-likeness (QED) is 0.831. The van der Waals surface area contributed by atoms with Crippen LogP contribution in [0.25, 0.3) is 0 Å². The van der Waals surface area contributed by atoms with Crippen molar-refractivity contribution in [2.75, 3.05) is 26.4 Å². The van der Waals surface area contributed by atoms with Gasteiger partial charge < -0.3 is 14.4 Å². The van der Waals surface area contributed by atoms with Gasteiger partial charge in [-0.3, -0.25) is 0 Å². The van der Waals surface area contributed by atoms with Gasteiger partial charge in [0.1, 0.15) is 0 Å². The lowest BCUT2D eigenvalue weighted by atomic mass is 10.1. The van der Waals surface area contributed by atoms with Gasteiger partial charge in [-0.25, -0.2) is 0 Å². The zero-order valence-corrected chi connectivity index (χ0v) is 12.7. The summed E-state index contributed by atoms with van der Waals surface area (Å²) >= 11 is 0.